The molecular weight excluding hydrogens is 369 g/mol. The van der Waals surface area contributed by atoms with Gasteiger partial charge >= 0.3 is 0 Å². The van der Waals surface area contributed by atoms with Gasteiger partial charge in [-0.05, 0) is 11.8 Å². The van der Waals surface area contributed by atoms with Crippen molar-refractivity contribution in [3.05, 3.63) is 48.3 Å². The molecule has 0 atom stereocenters. The van der Waals surface area contributed by atoms with E-state index >= 15 is 0 Å². The Morgan fingerprint density at radius 3 is 2.71 bits per heavy atom. The van der Waals surface area contributed by atoms with Crippen LogP contribution < -0.4 is 0 Å². The molecule has 0 N–H and O–H groups in total. The van der Waals surface area contributed by atoms with Crippen LogP contribution in [0.2, 0.25) is 0 Å². The minimum atomic E-state index is -0.677. The van der Waals surface area contributed by atoms with Crippen molar-refractivity contribution in [1.82, 2.24) is 9.78 Å². The van der Waals surface area contributed by atoms with Crippen LogP contribution in [0.5, 0.6) is 0 Å². The van der Waals surface area contributed by atoms with E-state index in [1.54, 1.807) is 12.3 Å². The zero-order chi connectivity index (χ0) is 9.26. The number of hydrogen-bond donors (Lipinski definition) is 0. The van der Waals surface area contributed by atoms with Crippen LogP contribution in [0.1, 0.15) is 0 Å². The van der Waals surface area contributed by atoms with Crippen LogP contribution in [0, 0.1) is 17.7 Å². The summed E-state index contributed by atoms with van der Waals surface area (Å²) in [6, 6.07) is 5.98. The summed E-state index contributed by atoms with van der Waals surface area (Å²) < 4.78 is 26.9. The predicted octanol–water partition coefficient (Wildman–Crippen LogP) is 1.95. The molecule has 0 aliphatic rings. The van der Waals surface area contributed by atoms with E-state index in [-0.39, 0.29) is 26.8 Å². The number of aromatic nitrogens is 2. The standard InChI is InChI=1S/C9H5F2N2.Pt/c10-7-2-3-9(8(11)6-7)13-5-1-4-12-13;/h1-2,4-6H;/q-1;. The quantitative estimate of drug-likeness (QED) is 0.698. The Balaban J connectivity index is 0.000000980. The van der Waals surface area contributed by atoms with Gasteiger partial charge in [-0.15, -0.1) is 12.1 Å². The number of nitrogens with zero attached hydrogens (tertiary/aromatic N) is 2. The molecule has 0 fully saturated rings. The fourth-order valence-electron chi connectivity index (χ4n) is 1.01. The largest absolute Gasteiger partial charge is 0.284 e. The average Bonchev–Trinajstić information content (AvgIpc) is 2.56. The molecule has 1 aromatic heterocycles. The molecule has 2 rings (SSSR count). The first kappa shape index (κ1) is 11.1. The summed E-state index contributed by atoms with van der Waals surface area (Å²) in [5, 5.41) is 3.80. The summed E-state index contributed by atoms with van der Waals surface area (Å²) in [6.45, 7) is 0. The molecule has 1 heterocycles. The van der Waals surface area contributed by atoms with Crippen molar-refractivity contribution >= 4 is 0 Å². The predicted molar refractivity (Wildman–Crippen MR) is 42.3 cm³/mol. The third-order valence-electron chi connectivity index (χ3n) is 1.57. The Labute approximate surface area is 93.8 Å². The summed E-state index contributed by atoms with van der Waals surface area (Å²) in [4.78, 5) is 0. The van der Waals surface area contributed by atoms with Gasteiger partial charge in [0.2, 0.25) is 0 Å². The summed E-state index contributed by atoms with van der Waals surface area (Å²) in [5.74, 6) is -1.32. The summed E-state index contributed by atoms with van der Waals surface area (Å²) >= 11 is 0. The van der Waals surface area contributed by atoms with Crippen LogP contribution >= 0.6 is 0 Å². The molecule has 2 aromatic rings. The van der Waals surface area contributed by atoms with E-state index in [0.717, 1.165) is 12.1 Å². The second-order valence-electron chi connectivity index (χ2n) is 2.47. The Hall–Kier alpha value is -1.02. The van der Waals surface area contributed by atoms with Gasteiger partial charge in [-0.1, -0.05) is 0 Å². The van der Waals surface area contributed by atoms with E-state index in [0.29, 0.717) is 0 Å². The molecule has 0 aliphatic heterocycles. The summed E-state index contributed by atoms with van der Waals surface area (Å²) in [6.07, 6.45) is 3.07. The minimum absolute atomic E-state index is 0. The van der Waals surface area contributed by atoms with Gasteiger partial charge in [-0.3, -0.25) is 13.5 Å². The van der Waals surface area contributed by atoms with Crippen molar-refractivity contribution in [2.75, 3.05) is 0 Å². The van der Waals surface area contributed by atoms with E-state index in [1.165, 1.54) is 10.9 Å². The van der Waals surface area contributed by atoms with E-state index in [4.69, 9.17) is 0 Å². The third kappa shape index (κ3) is 2.07. The van der Waals surface area contributed by atoms with Crippen molar-refractivity contribution in [3.63, 3.8) is 0 Å². The zero-order valence-corrected chi connectivity index (χ0v) is 9.13. The molecule has 76 valence electrons. The monoisotopic (exact) mass is 374 g/mol. The molecule has 0 aliphatic carbocycles. The molecule has 14 heavy (non-hydrogen) atoms. The first-order chi connectivity index (χ1) is 6.27. The molecule has 2 nitrogen and oxygen atoms in total. The third-order valence-corrected chi connectivity index (χ3v) is 1.57. The van der Waals surface area contributed by atoms with Crippen LogP contribution in [0.4, 0.5) is 8.78 Å². The van der Waals surface area contributed by atoms with E-state index in [1.807, 2.05) is 0 Å². The van der Waals surface area contributed by atoms with E-state index in [2.05, 4.69) is 11.2 Å². The smallest absolute Gasteiger partial charge is 0.0493 e. The topological polar surface area (TPSA) is 17.8 Å². The van der Waals surface area contributed by atoms with Gasteiger partial charge in [0.15, 0.2) is 0 Å². The second kappa shape index (κ2) is 4.47. The minimum Gasteiger partial charge on any atom is -0.284 e. The maximum absolute atomic E-state index is 13.1. The van der Waals surface area contributed by atoms with Gasteiger partial charge in [-0.25, -0.2) is 0 Å². The SMILES string of the molecule is Fc1c[c-]c(-n2cccn2)c(F)c1.[Pt]. The molecule has 0 saturated carbocycles. The first-order valence-corrected chi connectivity index (χ1v) is 3.64. The van der Waals surface area contributed by atoms with Gasteiger partial charge in [-0.2, -0.15) is 11.2 Å². The van der Waals surface area contributed by atoms with Crippen molar-refractivity contribution < 1.29 is 29.8 Å². The van der Waals surface area contributed by atoms with Crippen LogP contribution in [0.25, 0.3) is 5.69 Å². The molecule has 0 spiro atoms. The van der Waals surface area contributed by atoms with Crippen LogP contribution in [0.15, 0.2) is 30.6 Å². The molecule has 0 amide bonds. The zero-order valence-electron chi connectivity index (χ0n) is 6.85. The Kier molecular flexibility index (Phi) is 3.53. The molecular formula is C9H5F2N2Pt-. The van der Waals surface area contributed by atoms with E-state index < -0.39 is 11.6 Å². The second-order valence-corrected chi connectivity index (χ2v) is 2.47. The maximum atomic E-state index is 13.1. The molecule has 0 saturated heterocycles. The molecule has 1 aromatic carbocycles. The number of benzene rings is 1. The van der Waals surface area contributed by atoms with Crippen LogP contribution in [-0.4, -0.2) is 9.78 Å². The van der Waals surface area contributed by atoms with Gasteiger partial charge < -0.3 is 0 Å². The molecule has 0 unspecified atom stereocenters. The Morgan fingerprint density at radius 2 is 2.14 bits per heavy atom. The van der Waals surface area contributed by atoms with Gasteiger partial charge in [0.1, 0.15) is 0 Å². The fourth-order valence-corrected chi connectivity index (χ4v) is 1.01. The maximum Gasteiger partial charge on any atom is 0.0493 e. The van der Waals surface area contributed by atoms with E-state index in [9.17, 15) is 8.78 Å². The normalized spacial score (nSPS) is 9.57. The van der Waals surface area contributed by atoms with Crippen LogP contribution in [0.3, 0.4) is 0 Å². The number of rotatable bonds is 1. The molecule has 0 bridgehead atoms. The van der Waals surface area contributed by atoms with Gasteiger partial charge in [0.25, 0.3) is 0 Å². The fraction of sp³-hybridized carbons (Fsp3) is 0. The molecule has 5 heteroatoms. The van der Waals surface area contributed by atoms with Crippen molar-refractivity contribution in [2.45, 2.75) is 0 Å². The van der Waals surface area contributed by atoms with Crippen molar-refractivity contribution in [2.24, 2.45) is 0 Å². The number of hydrogen-bond acceptors (Lipinski definition) is 1. The summed E-state index contributed by atoms with van der Waals surface area (Å²) in [5.41, 5.74) is 0.117. The Morgan fingerprint density at radius 1 is 1.36 bits per heavy atom. The van der Waals surface area contributed by atoms with Crippen LogP contribution in [-0.2, 0) is 21.1 Å². The van der Waals surface area contributed by atoms with Gasteiger partial charge in [0.05, 0.1) is 0 Å². The average molecular weight is 374 g/mol. The van der Waals surface area contributed by atoms with Gasteiger partial charge in [0, 0.05) is 45.1 Å². The Bertz CT molecular complexity index is 415. The van der Waals surface area contributed by atoms with Crippen molar-refractivity contribution in [1.29, 1.82) is 0 Å². The molecule has 0 radical (unpaired) electrons. The first-order valence-electron chi connectivity index (χ1n) is 3.64. The summed E-state index contributed by atoms with van der Waals surface area (Å²) in [7, 11) is 0. The number of halogens is 2. The van der Waals surface area contributed by atoms with Crippen molar-refractivity contribution in [3.8, 4) is 5.69 Å².